The van der Waals surface area contributed by atoms with E-state index in [0.717, 1.165) is 0 Å². The molecule has 0 aromatic carbocycles. The zero-order chi connectivity index (χ0) is 13.3. The van der Waals surface area contributed by atoms with Gasteiger partial charge in [0.25, 0.3) is 0 Å². The van der Waals surface area contributed by atoms with Gasteiger partial charge in [-0.2, -0.15) is 0 Å². The van der Waals surface area contributed by atoms with Crippen molar-refractivity contribution in [3.8, 4) is 0 Å². The molecule has 0 saturated carbocycles. The Hall–Kier alpha value is -0.140. The third-order valence-electron chi connectivity index (χ3n) is 2.62. The van der Waals surface area contributed by atoms with Crippen molar-refractivity contribution in [2.75, 3.05) is 5.88 Å². The molecule has 0 N–H and O–H groups in total. The van der Waals surface area contributed by atoms with Gasteiger partial charge in [-0.1, -0.05) is 65.5 Å². The first-order valence-corrected chi connectivity index (χ1v) is 7.37. The molecule has 0 amide bonds. The van der Waals surface area contributed by atoms with Gasteiger partial charge in [0.2, 0.25) is 0 Å². The van der Waals surface area contributed by atoms with Crippen LogP contribution in [-0.2, 0) is 0 Å². The van der Waals surface area contributed by atoms with Gasteiger partial charge >= 0.3 is 0 Å². The summed E-state index contributed by atoms with van der Waals surface area (Å²) >= 11 is 7.88. The van der Waals surface area contributed by atoms with Crippen LogP contribution in [-0.4, -0.2) is 5.88 Å². The number of hydrogen-bond donors (Lipinski definition) is 0. The van der Waals surface area contributed by atoms with Crippen LogP contribution in [0.4, 0.5) is 0 Å². The lowest BCUT2D eigenvalue weighted by molar-refractivity contribution is 0.524. The lowest BCUT2D eigenvalue weighted by Crippen LogP contribution is -2.11. The standard InChI is InChI=1S/C15H23ClS/c1-14(2,3)12-8-7-11(10-16)9-13(17-12)15(4,5)6/h7-9H,10H2,1-6H3. The van der Waals surface area contributed by atoms with E-state index in [0.29, 0.717) is 5.88 Å². The largest absolute Gasteiger partial charge is 0.122 e. The van der Waals surface area contributed by atoms with Gasteiger partial charge in [-0.3, -0.25) is 0 Å². The summed E-state index contributed by atoms with van der Waals surface area (Å²) in [5, 5.41) is 0. The Labute approximate surface area is 115 Å². The maximum absolute atomic E-state index is 5.98. The molecule has 0 unspecified atom stereocenters. The molecule has 1 rings (SSSR count). The molecule has 1 heterocycles. The van der Waals surface area contributed by atoms with Crippen molar-refractivity contribution >= 4 is 23.4 Å². The van der Waals surface area contributed by atoms with E-state index in [1.165, 1.54) is 15.4 Å². The summed E-state index contributed by atoms with van der Waals surface area (Å²) < 4.78 is 0. The molecular formula is C15H23ClS. The highest BCUT2D eigenvalue weighted by Gasteiger charge is 2.25. The van der Waals surface area contributed by atoms with E-state index >= 15 is 0 Å². The summed E-state index contributed by atoms with van der Waals surface area (Å²) in [7, 11) is 0. The molecule has 2 heteroatoms. The summed E-state index contributed by atoms with van der Waals surface area (Å²) in [5.74, 6) is 0.577. The Balaban J connectivity index is 3.17. The predicted molar refractivity (Wildman–Crippen MR) is 81.5 cm³/mol. The van der Waals surface area contributed by atoms with Gasteiger partial charge in [-0.25, -0.2) is 0 Å². The van der Waals surface area contributed by atoms with Gasteiger partial charge in [-0.15, -0.1) is 11.6 Å². The van der Waals surface area contributed by atoms with Crippen LogP contribution >= 0.6 is 23.4 Å². The molecule has 1 aliphatic rings. The smallest absolute Gasteiger partial charge is 0.0474 e. The first-order valence-electron chi connectivity index (χ1n) is 6.02. The summed E-state index contributed by atoms with van der Waals surface area (Å²) in [6, 6.07) is 0. The zero-order valence-electron chi connectivity index (χ0n) is 11.7. The molecule has 0 aromatic heterocycles. The fourth-order valence-corrected chi connectivity index (χ4v) is 2.80. The fourth-order valence-electron chi connectivity index (χ4n) is 1.44. The summed E-state index contributed by atoms with van der Waals surface area (Å²) in [5.41, 5.74) is 1.56. The molecule has 1 aliphatic heterocycles. The van der Waals surface area contributed by atoms with Gasteiger partial charge in [0.05, 0.1) is 0 Å². The minimum Gasteiger partial charge on any atom is -0.122 e. The molecule has 0 aromatic rings. The highest BCUT2D eigenvalue weighted by atomic mass is 35.5. The molecule has 0 aliphatic carbocycles. The fraction of sp³-hybridized carbons (Fsp3) is 0.600. The highest BCUT2D eigenvalue weighted by Crippen LogP contribution is 2.46. The molecule has 0 fully saturated rings. The van der Waals surface area contributed by atoms with Crippen LogP contribution in [0.5, 0.6) is 0 Å². The second kappa shape index (κ2) is 5.24. The number of allylic oxidation sites excluding steroid dienone is 6. The molecule has 0 atom stereocenters. The highest BCUT2D eigenvalue weighted by molar-refractivity contribution is 8.06. The second-order valence-electron chi connectivity index (χ2n) is 6.52. The lowest BCUT2D eigenvalue weighted by atomic mass is 9.94. The predicted octanol–water partition coefficient (Wildman–Crippen LogP) is 5.76. The first-order chi connectivity index (χ1) is 7.64. The Kier molecular flexibility index (Phi) is 4.60. The van der Waals surface area contributed by atoms with Gasteiger partial charge in [-0.05, 0) is 32.3 Å². The minimum atomic E-state index is 0.171. The van der Waals surface area contributed by atoms with Crippen LogP contribution in [0.2, 0.25) is 0 Å². The van der Waals surface area contributed by atoms with E-state index in [-0.39, 0.29) is 10.8 Å². The lowest BCUT2D eigenvalue weighted by Gasteiger charge is -2.28. The first kappa shape index (κ1) is 14.9. The average molecular weight is 271 g/mol. The minimum absolute atomic E-state index is 0.171. The topological polar surface area (TPSA) is 0 Å². The normalized spacial score (nSPS) is 18.2. The Morgan fingerprint density at radius 3 is 1.88 bits per heavy atom. The van der Waals surface area contributed by atoms with E-state index < -0.39 is 0 Å². The third-order valence-corrected chi connectivity index (χ3v) is 4.85. The van der Waals surface area contributed by atoms with Crippen molar-refractivity contribution in [2.45, 2.75) is 41.5 Å². The number of alkyl halides is 1. The quantitative estimate of drug-likeness (QED) is 0.546. The van der Waals surface area contributed by atoms with Crippen LogP contribution in [0.25, 0.3) is 0 Å². The monoisotopic (exact) mass is 270 g/mol. The van der Waals surface area contributed by atoms with Crippen molar-refractivity contribution in [3.63, 3.8) is 0 Å². The summed E-state index contributed by atoms with van der Waals surface area (Å²) in [6.07, 6.45) is 6.61. The van der Waals surface area contributed by atoms with Gasteiger partial charge in [0.15, 0.2) is 0 Å². The molecular weight excluding hydrogens is 248 g/mol. The second-order valence-corrected chi connectivity index (χ2v) is 7.87. The van der Waals surface area contributed by atoms with Crippen molar-refractivity contribution in [3.05, 3.63) is 33.6 Å². The maximum Gasteiger partial charge on any atom is 0.0474 e. The number of hydrogen-bond acceptors (Lipinski definition) is 1. The average Bonchev–Trinajstić information content (AvgIpc) is 2.37. The molecule has 0 saturated heterocycles. The van der Waals surface area contributed by atoms with Crippen LogP contribution in [0, 0.1) is 10.8 Å². The maximum atomic E-state index is 5.98. The van der Waals surface area contributed by atoms with Crippen molar-refractivity contribution in [2.24, 2.45) is 10.8 Å². The molecule has 17 heavy (non-hydrogen) atoms. The van der Waals surface area contributed by atoms with Crippen molar-refractivity contribution in [1.82, 2.24) is 0 Å². The van der Waals surface area contributed by atoms with E-state index in [1.54, 1.807) is 0 Å². The molecule has 0 bridgehead atoms. The van der Waals surface area contributed by atoms with Crippen molar-refractivity contribution in [1.29, 1.82) is 0 Å². The van der Waals surface area contributed by atoms with Crippen LogP contribution in [0.15, 0.2) is 33.6 Å². The van der Waals surface area contributed by atoms with E-state index in [1.807, 2.05) is 11.8 Å². The summed E-state index contributed by atoms with van der Waals surface area (Å²) in [4.78, 5) is 2.79. The van der Waals surface area contributed by atoms with Gasteiger partial charge < -0.3 is 0 Å². The van der Waals surface area contributed by atoms with Crippen molar-refractivity contribution < 1.29 is 0 Å². The van der Waals surface area contributed by atoms with E-state index in [2.05, 4.69) is 59.8 Å². The Morgan fingerprint density at radius 2 is 1.47 bits per heavy atom. The Morgan fingerprint density at radius 1 is 0.941 bits per heavy atom. The van der Waals surface area contributed by atoms with E-state index in [4.69, 9.17) is 11.6 Å². The summed E-state index contributed by atoms with van der Waals surface area (Å²) in [6.45, 7) is 13.5. The van der Waals surface area contributed by atoms with Crippen LogP contribution < -0.4 is 0 Å². The van der Waals surface area contributed by atoms with Crippen LogP contribution in [0.3, 0.4) is 0 Å². The number of thioether (sulfide) groups is 1. The SMILES string of the molecule is CC(C)(C)C1=CC=C(CCl)C=C(C(C)(C)C)S1. The van der Waals surface area contributed by atoms with Gasteiger partial charge in [0, 0.05) is 5.88 Å². The van der Waals surface area contributed by atoms with E-state index in [9.17, 15) is 0 Å². The number of halogens is 1. The zero-order valence-corrected chi connectivity index (χ0v) is 13.3. The Bertz CT molecular complexity index is 373. The molecule has 0 radical (unpaired) electrons. The molecule has 96 valence electrons. The third kappa shape index (κ3) is 4.22. The molecule has 0 spiro atoms. The van der Waals surface area contributed by atoms with Crippen LogP contribution in [0.1, 0.15) is 41.5 Å². The molecule has 0 nitrogen and oxygen atoms in total. The van der Waals surface area contributed by atoms with Gasteiger partial charge in [0.1, 0.15) is 0 Å². The number of rotatable bonds is 1.